The van der Waals surface area contributed by atoms with Gasteiger partial charge in [-0.1, -0.05) is 30.0 Å². The molecule has 0 aliphatic heterocycles. The van der Waals surface area contributed by atoms with E-state index in [2.05, 4.69) is 21.6 Å². The van der Waals surface area contributed by atoms with E-state index in [9.17, 15) is 0 Å². The Morgan fingerprint density at radius 3 is 2.72 bits per heavy atom. The normalized spacial score (nSPS) is 10.3. The van der Waals surface area contributed by atoms with Crippen molar-refractivity contribution in [1.29, 1.82) is 5.26 Å². The molecule has 0 atom stereocenters. The van der Waals surface area contributed by atoms with Crippen molar-refractivity contribution in [3.05, 3.63) is 29.3 Å². The SMILES string of the molecule is Cc1cccc(C)c1-n1nnnc1SCCC#N. The summed E-state index contributed by atoms with van der Waals surface area (Å²) in [6.07, 6.45) is 0.490. The second kappa shape index (κ2) is 5.65. The lowest BCUT2D eigenvalue weighted by Gasteiger charge is -2.10. The summed E-state index contributed by atoms with van der Waals surface area (Å²) in [6.45, 7) is 4.07. The van der Waals surface area contributed by atoms with Gasteiger partial charge < -0.3 is 0 Å². The third-order valence-corrected chi connectivity index (χ3v) is 3.46. The van der Waals surface area contributed by atoms with Gasteiger partial charge in [-0.25, -0.2) is 0 Å². The molecule has 2 aromatic rings. The zero-order chi connectivity index (χ0) is 13.0. The first kappa shape index (κ1) is 12.6. The van der Waals surface area contributed by atoms with Gasteiger partial charge in [0.15, 0.2) is 0 Å². The first-order valence-corrected chi connectivity index (χ1v) is 6.57. The van der Waals surface area contributed by atoms with Crippen LogP contribution in [0.2, 0.25) is 0 Å². The summed E-state index contributed by atoms with van der Waals surface area (Å²) in [5.41, 5.74) is 3.27. The molecular formula is C12H13N5S. The molecule has 0 aliphatic carbocycles. The number of aryl methyl sites for hydroxylation is 2. The van der Waals surface area contributed by atoms with Gasteiger partial charge in [-0.15, -0.1) is 5.10 Å². The van der Waals surface area contributed by atoms with Crippen molar-refractivity contribution in [2.45, 2.75) is 25.4 Å². The summed E-state index contributed by atoms with van der Waals surface area (Å²) < 4.78 is 1.74. The summed E-state index contributed by atoms with van der Waals surface area (Å²) in [5.74, 6) is 0.696. The molecule has 0 bridgehead atoms. The van der Waals surface area contributed by atoms with Crippen LogP contribution >= 0.6 is 11.8 Å². The van der Waals surface area contributed by atoms with Gasteiger partial charge in [0.25, 0.3) is 0 Å². The third-order valence-electron chi connectivity index (χ3n) is 2.54. The van der Waals surface area contributed by atoms with Gasteiger partial charge in [-0.05, 0) is 35.4 Å². The molecule has 92 valence electrons. The largest absolute Gasteiger partial charge is 0.214 e. The van der Waals surface area contributed by atoms with Crippen LogP contribution in [0.25, 0.3) is 5.69 Å². The van der Waals surface area contributed by atoms with Crippen LogP contribution in [0, 0.1) is 25.2 Å². The van der Waals surface area contributed by atoms with E-state index in [4.69, 9.17) is 5.26 Å². The number of hydrogen-bond acceptors (Lipinski definition) is 5. The summed E-state index contributed by atoms with van der Waals surface area (Å²) in [5, 5.41) is 21.0. The van der Waals surface area contributed by atoms with Crippen molar-refractivity contribution in [2.75, 3.05) is 5.75 Å². The number of rotatable bonds is 4. The van der Waals surface area contributed by atoms with E-state index in [1.54, 1.807) is 4.68 Å². The van der Waals surface area contributed by atoms with Crippen LogP contribution in [0.3, 0.4) is 0 Å². The monoisotopic (exact) mass is 259 g/mol. The zero-order valence-electron chi connectivity index (χ0n) is 10.3. The minimum Gasteiger partial charge on any atom is -0.198 e. The predicted molar refractivity (Wildman–Crippen MR) is 69.6 cm³/mol. The maximum Gasteiger partial charge on any atom is 0.214 e. The van der Waals surface area contributed by atoms with Gasteiger partial charge in [-0.3, -0.25) is 0 Å². The van der Waals surface area contributed by atoms with Crippen LogP contribution in [-0.4, -0.2) is 26.0 Å². The molecule has 0 amide bonds. The molecule has 2 rings (SSSR count). The van der Waals surface area contributed by atoms with Crippen LogP contribution in [-0.2, 0) is 0 Å². The third kappa shape index (κ3) is 2.51. The molecule has 0 fully saturated rings. The number of nitrogens with zero attached hydrogens (tertiary/aromatic N) is 5. The van der Waals surface area contributed by atoms with Crippen molar-refractivity contribution in [1.82, 2.24) is 20.2 Å². The highest BCUT2D eigenvalue weighted by molar-refractivity contribution is 7.99. The highest BCUT2D eigenvalue weighted by Crippen LogP contribution is 2.23. The molecule has 0 radical (unpaired) electrons. The van der Waals surface area contributed by atoms with E-state index < -0.39 is 0 Å². The Hall–Kier alpha value is -1.87. The lowest BCUT2D eigenvalue weighted by molar-refractivity contribution is 0.747. The molecule has 1 aromatic carbocycles. The lowest BCUT2D eigenvalue weighted by atomic mass is 10.1. The van der Waals surface area contributed by atoms with Gasteiger partial charge in [0.05, 0.1) is 11.8 Å². The van der Waals surface area contributed by atoms with E-state index in [0.29, 0.717) is 12.2 Å². The van der Waals surface area contributed by atoms with Crippen molar-refractivity contribution in [3.8, 4) is 11.8 Å². The van der Waals surface area contributed by atoms with Gasteiger partial charge in [0.2, 0.25) is 5.16 Å². The van der Waals surface area contributed by atoms with Crippen molar-refractivity contribution < 1.29 is 0 Å². The molecule has 6 heteroatoms. The Bertz CT molecular complexity index is 564. The lowest BCUT2D eigenvalue weighted by Crippen LogP contribution is -2.04. The molecular weight excluding hydrogens is 246 g/mol. The Morgan fingerprint density at radius 2 is 2.06 bits per heavy atom. The number of para-hydroxylation sites is 1. The first-order valence-electron chi connectivity index (χ1n) is 5.58. The molecule has 0 spiro atoms. The van der Waals surface area contributed by atoms with E-state index >= 15 is 0 Å². The van der Waals surface area contributed by atoms with Crippen LogP contribution in [0.1, 0.15) is 17.5 Å². The minimum absolute atomic E-state index is 0.490. The van der Waals surface area contributed by atoms with Gasteiger partial charge in [0, 0.05) is 12.2 Å². The fourth-order valence-electron chi connectivity index (χ4n) is 1.74. The molecule has 0 unspecified atom stereocenters. The van der Waals surface area contributed by atoms with Gasteiger partial charge in [0.1, 0.15) is 0 Å². The van der Waals surface area contributed by atoms with Crippen LogP contribution in [0.4, 0.5) is 0 Å². The standard InChI is InChI=1S/C12H13N5S/c1-9-5-3-6-10(2)11(9)17-12(14-15-16-17)18-8-4-7-13/h3,5-6H,4,8H2,1-2H3. The van der Waals surface area contributed by atoms with E-state index in [0.717, 1.165) is 22.0 Å². The summed E-state index contributed by atoms with van der Waals surface area (Å²) >= 11 is 1.49. The minimum atomic E-state index is 0.490. The average molecular weight is 259 g/mol. The number of benzene rings is 1. The second-order valence-corrected chi connectivity index (χ2v) is 4.93. The van der Waals surface area contributed by atoms with Gasteiger partial charge in [-0.2, -0.15) is 9.94 Å². The summed E-state index contributed by atoms with van der Waals surface area (Å²) in [6, 6.07) is 8.20. The van der Waals surface area contributed by atoms with Crippen LogP contribution in [0.15, 0.2) is 23.4 Å². The number of hydrogen-bond donors (Lipinski definition) is 0. The quantitative estimate of drug-likeness (QED) is 0.622. The van der Waals surface area contributed by atoms with Crippen molar-refractivity contribution >= 4 is 11.8 Å². The maximum absolute atomic E-state index is 8.55. The van der Waals surface area contributed by atoms with Crippen molar-refractivity contribution in [2.24, 2.45) is 0 Å². The topological polar surface area (TPSA) is 67.4 Å². The van der Waals surface area contributed by atoms with Gasteiger partial charge >= 0.3 is 0 Å². The molecule has 0 saturated carbocycles. The van der Waals surface area contributed by atoms with Crippen molar-refractivity contribution in [3.63, 3.8) is 0 Å². The second-order valence-electron chi connectivity index (χ2n) is 3.87. The molecule has 0 saturated heterocycles. The van der Waals surface area contributed by atoms with E-state index in [1.807, 2.05) is 32.0 Å². The predicted octanol–water partition coefficient (Wildman–Crippen LogP) is 2.28. The Kier molecular flexibility index (Phi) is 3.95. The molecule has 5 nitrogen and oxygen atoms in total. The molecule has 0 aliphatic rings. The number of aromatic nitrogens is 4. The summed E-state index contributed by atoms with van der Waals surface area (Å²) in [4.78, 5) is 0. The molecule has 18 heavy (non-hydrogen) atoms. The Morgan fingerprint density at radius 1 is 1.33 bits per heavy atom. The number of thioether (sulfide) groups is 1. The van der Waals surface area contributed by atoms with Crippen LogP contribution < -0.4 is 0 Å². The van der Waals surface area contributed by atoms with E-state index in [1.165, 1.54) is 11.8 Å². The zero-order valence-corrected chi connectivity index (χ0v) is 11.1. The maximum atomic E-state index is 8.55. The molecule has 1 heterocycles. The Labute approximate surface area is 110 Å². The highest BCUT2D eigenvalue weighted by atomic mass is 32.2. The van der Waals surface area contributed by atoms with E-state index in [-0.39, 0.29) is 0 Å². The van der Waals surface area contributed by atoms with Crippen LogP contribution in [0.5, 0.6) is 0 Å². The first-order chi connectivity index (χ1) is 8.74. The smallest absolute Gasteiger partial charge is 0.198 e. The summed E-state index contributed by atoms with van der Waals surface area (Å²) in [7, 11) is 0. The average Bonchev–Trinajstić information content (AvgIpc) is 2.78. The number of tetrazole rings is 1. The fraction of sp³-hybridized carbons (Fsp3) is 0.333. The fourth-order valence-corrected chi connectivity index (χ4v) is 2.46. The highest BCUT2D eigenvalue weighted by Gasteiger charge is 2.12. The molecule has 1 aromatic heterocycles. The number of nitriles is 1. The molecule has 0 N–H and O–H groups in total. The Balaban J connectivity index is 2.34.